The highest BCUT2D eigenvalue weighted by Gasteiger charge is 2.18. The lowest BCUT2D eigenvalue weighted by molar-refractivity contribution is -0.383. The van der Waals surface area contributed by atoms with Crippen LogP contribution in [0.2, 0.25) is 0 Å². The normalized spacial score (nSPS) is 14.9. The van der Waals surface area contributed by atoms with E-state index in [0.717, 1.165) is 50.6 Å². The smallest absolute Gasteiger partial charge is 0.278 e. The maximum absolute atomic E-state index is 13.1. The van der Waals surface area contributed by atoms with Gasteiger partial charge in [-0.15, -0.1) is 0 Å². The van der Waals surface area contributed by atoms with Crippen molar-refractivity contribution >= 4 is 28.0 Å². The molecule has 4 rings (SSSR count). The standard InChI is InChI=1S/C21H22FN5O2/c22-16-3-5-17(6-4-16)26-14-12-25(13-15-26)11-10-23-19-7-8-20(27(28)29)18-2-1-9-24-21(18)19/h1-9,23H,10-15H2. The fraction of sp³-hybridized carbons (Fsp3) is 0.286. The predicted octanol–water partition coefficient (Wildman–Crippen LogP) is 3.52. The Hall–Kier alpha value is -3.26. The first-order valence-corrected chi connectivity index (χ1v) is 9.61. The Morgan fingerprint density at radius 1 is 1.07 bits per heavy atom. The summed E-state index contributed by atoms with van der Waals surface area (Å²) in [5.74, 6) is -0.216. The molecule has 7 nitrogen and oxygen atoms in total. The van der Waals surface area contributed by atoms with Crippen molar-refractivity contribution in [1.29, 1.82) is 0 Å². The SMILES string of the molecule is O=[N+]([O-])c1ccc(NCCN2CCN(c3ccc(F)cc3)CC2)c2ncccc12. The number of rotatable bonds is 6. The quantitative estimate of drug-likeness (QED) is 0.509. The van der Waals surface area contributed by atoms with Crippen molar-refractivity contribution in [1.82, 2.24) is 9.88 Å². The lowest BCUT2D eigenvalue weighted by Crippen LogP contribution is -2.47. The van der Waals surface area contributed by atoms with Gasteiger partial charge in [0.05, 0.1) is 16.0 Å². The molecule has 0 radical (unpaired) electrons. The number of anilines is 2. The van der Waals surface area contributed by atoms with E-state index < -0.39 is 0 Å². The number of halogens is 1. The number of nitrogens with zero attached hydrogens (tertiary/aromatic N) is 4. The van der Waals surface area contributed by atoms with Crippen molar-refractivity contribution < 1.29 is 9.31 Å². The summed E-state index contributed by atoms with van der Waals surface area (Å²) in [6, 6.07) is 13.3. The van der Waals surface area contributed by atoms with Crippen LogP contribution < -0.4 is 10.2 Å². The molecule has 3 aromatic rings. The van der Waals surface area contributed by atoms with Gasteiger partial charge in [0.15, 0.2) is 0 Å². The van der Waals surface area contributed by atoms with Crippen LogP contribution in [0.3, 0.4) is 0 Å². The van der Waals surface area contributed by atoms with Crippen molar-refractivity contribution in [3.8, 4) is 0 Å². The number of piperazine rings is 1. The number of nitro groups is 1. The zero-order chi connectivity index (χ0) is 20.2. The fourth-order valence-corrected chi connectivity index (χ4v) is 3.69. The molecule has 29 heavy (non-hydrogen) atoms. The van der Waals surface area contributed by atoms with E-state index in [9.17, 15) is 14.5 Å². The molecule has 1 fully saturated rings. The van der Waals surface area contributed by atoms with Crippen LogP contribution in [0.25, 0.3) is 10.9 Å². The molecule has 0 atom stereocenters. The Morgan fingerprint density at radius 2 is 1.83 bits per heavy atom. The molecule has 1 saturated heterocycles. The second-order valence-corrected chi connectivity index (χ2v) is 7.02. The van der Waals surface area contributed by atoms with Gasteiger partial charge in [0.2, 0.25) is 0 Å². The van der Waals surface area contributed by atoms with Crippen LogP contribution in [0.1, 0.15) is 0 Å². The Bertz CT molecular complexity index is 1000. The van der Waals surface area contributed by atoms with Gasteiger partial charge in [-0.05, 0) is 42.5 Å². The highest BCUT2D eigenvalue weighted by molar-refractivity contribution is 5.96. The molecule has 8 heteroatoms. The molecule has 150 valence electrons. The number of nitro benzene ring substituents is 1. The van der Waals surface area contributed by atoms with Gasteiger partial charge in [-0.1, -0.05) is 0 Å². The Kier molecular flexibility index (Phi) is 5.53. The monoisotopic (exact) mass is 395 g/mol. The number of fused-ring (bicyclic) bond motifs is 1. The van der Waals surface area contributed by atoms with Crippen LogP contribution in [-0.2, 0) is 0 Å². The molecule has 2 heterocycles. The summed E-state index contributed by atoms with van der Waals surface area (Å²) in [4.78, 5) is 19.8. The van der Waals surface area contributed by atoms with Crippen LogP contribution in [0.4, 0.5) is 21.5 Å². The molecule has 1 aliphatic heterocycles. The number of non-ortho nitro benzene ring substituents is 1. The van der Waals surface area contributed by atoms with Gasteiger partial charge in [0.1, 0.15) is 11.3 Å². The summed E-state index contributed by atoms with van der Waals surface area (Å²) >= 11 is 0. The third-order valence-electron chi connectivity index (χ3n) is 5.25. The zero-order valence-corrected chi connectivity index (χ0v) is 15.9. The van der Waals surface area contributed by atoms with Gasteiger partial charge < -0.3 is 10.2 Å². The predicted molar refractivity (Wildman–Crippen MR) is 112 cm³/mol. The number of nitrogens with one attached hydrogen (secondary N) is 1. The minimum atomic E-state index is -0.381. The Labute approximate surface area is 167 Å². The number of pyridine rings is 1. The largest absolute Gasteiger partial charge is 0.382 e. The minimum absolute atomic E-state index is 0.0653. The molecule has 0 aliphatic carbocycles. The van der Waals surface area contributed by atoms with Gasteiger partial charge in [0.25, 0.3) is 5.69 Å². The van der Waals surface area contributed by atoms with Crippen molar-refractivity contribution in [2.24, 2.45) is 0 Å². The van der Waals surface area contributed by atoms with Gasteiger partial charge in [-0.3, -0.25) is 20.0 Å². The molecular formula is C21H22FN5O2. The number of aromatic nitrogens is 1. The molecule has 1 N–H and O–H groups in total. The second-order valence-electron chi connectivity index (χ2n) is 7.02. The van der Waals surface area contributed by atoms with Crippen molar-refractivity contribution in [2.75, 3.05) is 49.5 Å². The van der Waals surface area contributed by atoms with E-state index in [1.165, 1.54) is 18.2 Å². The fourth-order valence-electron chi connectivity index (χ4n) is 3.69. The van der Waals surface area contributed by atoms with Gasteiger partial charge in [0, 0.05) is 57.2 Å². The summed E-state index contributed by atoms with van der Waals surface area (Å²) in [6.07, 6.45) is 1.64. The van der Waals surface area contributed by atoms with Crippen LogP contribution in [0.15, 0.2) is 54.7 Å². The van der Waals surface area contributed by atoms with E-state index in [-0.39, 0.29) is 16.4 Å². The molecule has 0 bridgehead atoms. The van der Waals surface area contributed by atoms with Crippen molar-refractivity contribution in [2.45, 2.75) is 0 Å². The number of hydrogen-bond acceptors (Lipinski definition) is 6. The number of hydrogen-bond donors (Lipinski definition) is 1. The van der Waals surface area contributed by atoms with Crippen LogP contribution in [0, 0.1) is 15.9 Å². The summed E-state index contributed by atoms with van der Waals surface area (Å²) in [5.41, 5.74) is 2.53. The van der Waals surface area contributed by atoms with E-state index in [1.807, 2.05) is 12.1 Å². The molecule has 0 spiro atoms. The van der Waals surface area contributed by atoms with E-state index in [0.29, 0.717) is 10.9 Å². The number of benzene rings is 2. The molecular weight excluding hydrogens is 373 g/mol. The van der Waals surface area contributed by atoms with Gasteiger partial charge in [-0.25, -0.2) is 4.39 Å². The lowest BCUT2D eigenvalue weighted by atomic mass is 10.1. The highest BCUT2D eigenvalue weighted by Crippen LogP contribution is 2.29. The van der Waals surface area contributed by atoms with E-state index >= 15 is 0 Å². The van der Waals surface area contributed by atoms with Gasteiger partial charge >= 0.3 is 0 Å². The highest BCUT2D eigenvalue weighted by atomic mass is 19.1. The topological polar surface area (TPSA) is 74.5 Å². The van der Waals surface area contributed by atoms with E-state index in [4.69, 9.17) is 0 Å². The molecule has 0 amide bonds. The second kappa shape index (κ2) is 8.40. The average Bonchev–Trinajstić information content (AvgIpc) is 2.75. The minimum Gasteiger partial charge on any atom is -0.382 e. The zero-order valence-electron chi connectivity index (χ0n) is 15.9. The summed E-state index contributed by atoms with van der Waals surface area (Å²) in [5, 5.41) is 15.1. The first kappa shape index (κ1) is 19.1. The molecule has 2 aromatic carbocycles. The first-order valence-electron chi connectivity index (χ1n) is 9.61. The van der Waals surface area contributed by atoms with E-state index in [1.54, 1.807) is 24.4 Å². The van der Waals surface area contributed by atoms with Crippen molar-refractivity contribution in [3.05, 3.63) is 70.7 Å². The van der Waals surface area contributed by atoms with Crippen molar-refractivity contribution in [3.63, 3.8) is 0 Å². The van der Waals surface area contributed by atoms with Crippen LogP contribution in [0.5, 0.6) is 0 Å². The maximum atomic E-state index is 13.1. The average molecular weight is 395 g/mol. The molecule has 0 saturated carbocycles. The lowest BCUT2D eigenvalue weighted by Gasteiger charge is -2.36. The van der Waals surface area contributed by atoms with Gasteiger partial charge in [-0.2, -0.15) is 0 Å². The summed E-state index contributed by atoms with van der Waals surface area (Å²) in [7, 11) is 0. The maximum Gasteiger partial charge on any atom is 0.278 e. The van der Waals surface area contributed by atoms with E-state index in [2.05, 4.69) is 20.1 Å². The third kappa shape index (κ3) is 4.27. The Balaban J connectivity index is 1.33. The molecule has 0 unspecified atom stereocenters. The Morgan fingerprint density at radius 3 is 2.55 bits per heavy atom. The summed E-state index contributed by atoms with van der Waals surface area (Å²) < 4.78 is 13.1. The third-order valence-corrected chi connectivity index (χ3v) is 5.25. The first-order chi connectivity index (χ1) is 14.1. The summed E-state index contributed by atoms with van der Waals surface area (Å²) in [6.45, 7) is 5.24. The molecule has 1 aliphatic rings. The van der Waals surface area contributed by atoms with Crippen LogP contribution >= 0.6 is 0 Å². The van der Waals surface area contributed by atoms with Crippen LogP contribution in [-0.4, -0.2) is 54.1 Å². The molecule has 1 aromatic heterocycles.